The molecule has 5 nitrogen and oxygen atoms in total. The van der Waals surface area contributed by atoms with E-state index < -0.39 is 0 Å². The molecule has 0 unspecified atom stereocenters. The second-order valence-electron chi connectivity index (χ2n) is 5.33. The normalized spacial score (nSPS) is 10.4. The number of hydrogen-bond donors (Lipinski definition) is 1. The highest BCUT2D eigenvalue weighted by molar-refractivity contribution is 5.96. The fourth-order valence-electron chi connectivity index (χ4n) is 2.28. The number of nitrogens with zero attached hydrogens (tertiary/aromatic N) is 1. The third kappa shape index (κ3) is 3.76. The van der Waals surface area contributed by atoms with Gasteiger partial charge in [0.1, 0.15) is 5.75 Å². The molecule has 0 saturated heterocycles. The molecule has 3 rings (SSSR count). The molecule has 1 heterocycles. The Morgan fingerprint density at radius 2 is 1.88 bits per heavy atom. The fourth-order valence-corrected chi connectivity index (χ4v) is 2.28. The maximum atomic E-state index is 12.0. The zero-order chi connectivity index (χ0) is 16.9. The predicted octanol–water partition coefficient (Wildman–Crippen LogP) is 3.45. The van der Waals surface area contributed by atoms with Crippen LogP contribution in [0.3, 0.4) is 0 Å². The van der Waals surface area contributed by atoms with Crippen LogP contribution in [0.4, 0.5) is 5.69 Å². The van der Waals surface area contributed by atoms with Crippen LogP contribution in [0.25, 0.3) is 10.9 Å². The van der Waals surface area contributed by atoms with E-state index in [2.05, 4.69) is 10.3 Å². The third-order valence-corrected chi connectivity index (χ3v) is 3.52. The Morgan fingerprint density at radius 3 is 2.62 bits per heavy atom. The van der Waals surface area contributed by atoms with Gasteiger partial charge in [0.05, 0.1) is 5.52 Å². The number of nitrogens with one attached hydrogen (secondary N) is 1. The van der Waals surface area contributed by atoms with Crippen LogP contribution in [0.5, 0.6) is 5.75 Å². The SMILES string of the molecule is CC(=O)c1ccc(NC(=O)COc2ccc3ncccc3c2)cc1. The summed E-state index contributed by atoms with van der Waals surface area (Å²) in [5.41, 5.74) is 2.10. The zero-order valence-corrected chi connectivity index (χ0v) is 13.2. The molecule has 0 fully saturated rings. The van der Waals surface area contributed by atoms with Crippen molar-refractivity contribution in [1.29, 1.82) is 0 Å². The number of amides is 1. The van der Waals surface area contributed by atoms with Gasteiger partial charge in [0.2, 0.25) is 0 Å². The van der Waals surface area contributed by atoms with Gasteiger partial charge in [0.15, 0.2) is 12.4 Å². The Morgan fingerprint density at radius 1 is 1.08 bits per heavy atom. The number of Topliss-reactive ketones (excluding diaryl/α,β-unsaturated/α-hetero) is 1. The summed E-state index contributed by atoms with van der Waals surface area (Å²) in [5, 5.41) is 3.68. The number of carbonyl (C=O) groups excluding carboxylic acids is 2. The molecule has 1 N–H and O–H groups in total. The maximum Gasteiger partial charge on any atom is 0.262 e. The highest BCUT2D eigenvalue weighted by Crippen LogP contribution is 2.19. The van der Waals surface area contributed by atoms with Crippen molar-refractivity contribution in [3.8, 4) is 5.75 Å². The van der Waals surface area contributed by atoms with Crippen molar-refractivity contribution in [3.63, 3.8) is 0 Å². The molecule has 0 atom stereocenters. The highest BCUT2D eigenvalue weighted by Gasteiger charge is 2.05. The largest absolute Gasteiger partial charge is 0.484 e. The average molecular weight is 320 g/mol. The van der Waals surface area contributed by atoms with Crippen LogP contribution in [0.2, 0.25) is 0 Å². The minimum Gasteiger partial charge on any atom is -0.484 e. The molecule has 0 aliphatic rings. The summed E-state index contributed by atoms with van der Waals surface area (Å²) in [6.07, 6.45) is 1.73. The standard InChI is InChI=1S/C19H16N2O3/c1-13(22)14-4-6-16(7-5-14)21-19(23)12-24-17-8-9-18-15(11-17)3-2-10-20-18/h2-11H,12H2,1H3,(H,21,23). The van der Waals surface area contributed by atoms with Gasteiger partial charge < -0.3 is 10.1 Å². The summed E-state index contributed by atoms with van der Waals surface area (Å²) >= 11 is 0. The number of benzene rings is 2. The molecule has 0 bridgehead atoms. The first-order chi connectivity index (χ1) is 11.6. The number of rotatable bonds is 5. The van der Waals surface area contributed by atoms with Crippen LogP contribution < -0.4 is 10.1 Å². The van der Waals surface area contributed by atoms with Crippen molar-refractivity contribution in [2.45, 2.75) is 6.92 Å². The summed E-state index contributed by atoms with van der Waals surface area (Å²) in [5.74, 6) is 0.330. The van der Waals surface area contributed by atoms with E-state index in [1.807, 2.05) is 24.3 Å². The molecule has 24 heavy (non-hydrogen) atoms. The lowest BCUT2D eigenvalue weighted by molar-refractivity contribution is -0.118. The first kappa shape index (κ1) is 15.7. The number of fused-ring (bicyclic) bond motifs is 1. The van der Waals surface area contributed by atoms with Gasteiger partial charge in [0.25, 0.3) is 5.91 Å². The molecule has 120 valence electrons. The number of aromatic nitrogens is 1. The van der Waals surface area contributed by atoms with E-state index in [1.165, 1.54) is 6.92 Å². The molecule has 0 radical (unpaired) electrons. The van der Waals surface area contributed by atoms with Crippen LogP contribution in [0, 0.1) is 0 Å². The van der Waals surface area contributed by atoms with E-state index >= 15 is 0 Å². The Bertz CT molecular complexity index is 889. The van der Waals surface area contributed by atoms with Crippen molar-refractivity contribution in [2.24, 2.45) is 0 Å². The van der Waals surface area contributed by atoms with E-state index in [4.69, 9.17) is 4.74 Å². The molecule has 2 aromatic carbocycles. The quantitative estimate of drug-likeness (QED) is 0.731. The zero-order valence-electron chi connectivity index (χ0n) is 13.2. The van der Waals surface area contributed by atoms with Crippen molar-refractivity contribution < 1.29 is 14.3 Å². The Labute approximate surface area is 139 Å². The van der Waals surface area contributed by atoms with Crippen molar-refractivity contribution >= 4 is 28.3 Å². The first-order valence-corrected chi connectivity index (χ1v) is 7.50. The van der Waals surface area contributed by atoms with Crippen LogP contribution in [0.1, 0.15) is 17.3 Å². The second-order valence-corrected chi connectivity index (χ2v) is 5.33. The lowest BCUT2D eigenvalue weighted by atomic mass is 10.1. The number of ether oxygens (including phenoxy) is 1. The Balaban J connectivity index is 1.59. The molecule has 0 aliphatic heterocycles. The number of anilines is 1. The predicted molar refractivity (Wildman–Crippen MR) is 92.3 cm³/mol. The molecule has 0 spiro atoms. The van der Waals surface area contributed by atoms with Crippen LogP contribution in [-0.4, -0.2) is 23.3 Å². The van der Waals surface area contributed by atoms with Crippen LogP contribution in [0.15, 0.2) is 60.8 Å². The lowest BCUT2D eigenvalue weighted by Gasteiger charge is -2.08. The van der Waals surface area contributed by atoms with Gasteiger partial charge in [-0.25, -0.2) is 0 Å². The summed E-state index contributed by atoms with van der Waals surface area (Å²) in [4.78, 5) is 27.4. The minimum atomic E-state index is -0.267. The monoisotopic (exact) mass is 320 g/mol. The van der Waals surface area contributed by atoms with Gasteiger partial charge in [-0.3, -0.25) is 14.6 Å². The van der Waals surface area contributed by atoms with Crippen LogP contribution >= 0.6 is 0 Å². The minimum absolute atomic E-state index is 0.0120. The van der Waals surface area contributed by atoms with Crippen molar-refractivity contribution in [3.05, 3.63) is 66.4 Å². The molecule has 1 amide bonds. The first-order valence-electron chi connectivity index (χ1n) is 7.50. The molecular weight excluding hydrogens is 304 g/mol. The molecule has 3 aromatic rings. The number of ketones is 1. The molecule has 0 aliphatic carbocycles. The fraction of sp³-hybridized carbons (Fsp3) is 0.105. The highest BCUT2D eigenvalue weighted by atomic mass is 16.5. The number of hydrogen-bond acceptors (Lipinski definition) is 4. The topological polar surface area (TPSA) is 68.3 Å². The van der Waals surface area contributed by atoms with Gasteiger partial charge in [-0.15, -0.1) is 0 Å². The van der Waals surface area contributed by atoms with Gasteiger partial charge in [-0.05, 0) is 55.5 Å². The van der Waals surface area contributed by atoms with Gasteiger partial charge >= 0.3 is 0 Å². The summed E-state index contributed by atoms with van der Waals surface area (Å²) in [7, 11) is 0. The van der Waals surface area contributed by atoms with E-state index in [1.54, 1.807) is 36.5 Å². The van der Waals surface area contributed by atoms with E-state index in [0.717, 1.165) is 10.9 Å². The van der Waals surface area contributed by atoms with Crippen molar-refractivity contribution in [2.75, 3.05) is 11.9 Å². The molecule has 5 heteroatoms. The van der Waals surface area contributed by atoms with Crippen molar-refractivity contribution in [1.82, 2.24) is 4.98 Å². The van der Waals surface area contributed by atoms with E-state index in [-0.39, 0.29) is 18.3 Å². The number of pyridine rings is 1. The van der Waals surface area contributed by atoms with Gasteiger partial charge in [-0.1, -0.05) is 6.07 Å². The average Bonchev–Trinajstić information content (AvgIpc) is 2.60. The van der Waals surface area contributed by atoms with E-state index in [9.17, 15) is 9.59 Å². The summed E-state index contributed by atoms with van der Waals surface area (Å²) in [6, 6.07) is 16.0. The summed E-state index contributed by atoms with van der Waals surface area (Å²) < 4.78 is 5.52. The van der Waals surface area contributed by atoms with E-state index in [0.29, 0.717) is 17.0 Å². The molecular formula is C19H16N2O3. The Hall–Kier alpha value is -3.21. The summed E-state index contributed by atoms with van der Waals surface area (Å²) in [6.45, 7) is 1.40. The lowest BCUT2D eigenvalue weighted by Crippen LogP contribution is -2.20. The molecule has 1 aromatic heterocycles. The van der Waals surface area contributed by atoms with Gasteiger partial charge in [0, 0.05) is 22.8 Å². The number of carbonyl (C=O) groups is 2. The van der Waals surface area contributed by atoms with Gasteiger partial charge in [-0.2, -0.15) is 0 Å². The molecule has 0 saturated carbocycles. The Kier molecular flexibility index (Phi) is 4.52. The second kappa shape index (κ2) is 6.91. The maximum absolute atomic E-state index is 12.0. The smallest absolute Gasteiger partial charge is 0.262 e. The van der Waals surface area contributed by atoms with Crippen LogP contribution in [-0.2, 0) is 4.79 Å². The third-order valence-electron chi connectivity index (χ3n) is 3.52.